The highest BCUT2D eigenvalue weighted by atomic mass is 16.2. The molecule has 0 spiro atoms. The molecule has 2 aromatic rings. The second-order valence-electron chi connectivity index (χ2n) is 6.61. The van der Waals surface area contributed by atoms with Gasteiger partial charge in [0, 0.05) is 45.1 Å². The van der Waals surface area contributed by atoms with Gasteiger partial charge in [-0.05, 0) is 30.2 Å². The minimum Gasteiger partial charge on any atom is -0.348 e. The van der Waals surface area contributed by atoms with Crippen LogP contribution in [0, 0.1) is 0 Å². The zero-order chi connectivity index (χ0) is 17.5. The Kier molecular flexibility index (Phi) is 6.14. The lowest BCUT2D eigenvalue weighted by Crippen LogP contribution is -2.49. The molecule has 1 aromatic heterocycles. The Morgan fingerprint density at radius 2 is 1.68 bits per heavy atom. The first-order valence-corrected chi connectivity index (χ1v) is 8.88. The predicted octanol–water partition coefficient (Wildman–Crippen LogP) is 2.08. The molecule has 1 aliphatic rings. The van der Waals surface area contributed by atoms with Gasteiger partial charge in [-0.15, -0.1) is 0 Å². The molecule has 1 fully saturated rings. The average molecular weight is 338 g/mol. The van der Waals surface area contributed by atoms with Crippen LogP contribution in [0.4, 0.5) is 0 Å². The largest absolute Gasteiger partial charge is 0.348 e. The first-order valence-electron chi connectivity index (χ1n) is 8.88. The summed E-state index contributed by atoms with van der Waals surface area (Å²) in [5.74, 6) is 0.0841. The van der Waals surface area contributed by atoms with E-state index < -0.39 is 0 Å². The predicted molar refractivity (Wildman–Crippen MR) is 99.0 cm³/mol. The number of nitrogens with zero attached hydrogens (tertiary/aromatic N) is 3. The van der Waals surface area contributed by atoms with Crippen molar-refractivity contribution in [3.8, 4) is 0 Å². The smallest absolute Gasteiger partial charge is 0.234 e. The van der Waals surface area contributed by atoms with Crippen LogP contribution in [0.1, 0.15) is 24.1 Å². The molecule has 0 bridgehead atoms. The third-order valence-corrected chi connectivity index (χ3v) is 4.66. The van der Waals surface area contributed by atoms with Crippen molar-refractivity contribution in [3.05, 3.63) is 66.0 Å². The Morgan fingerprint density at radius 1 is 1.04 bits per heavy atom. The summed E-state index contributed by atoms with van der Waals surface area (Å²) in [6.07, 6.45) is 3.51. The summed E-state index contributed by atoms with van der Waals surface area (Å²) in [4.78, 5) is 21.0. The number of nitrogens with one attached hydrogen (secondary N) is 1. The quantitative estimate of drug-likeness (QED) is 0.876. The van der Waals surface area contributed by atoms with E-state index in [1.807, 2.05) is 25.1 Å². The number of amides is 1. The van der Waals surface area contributed by atoms with Crippen LogP contribution in [0.5, 0.6) is 0 Å². The van der Waals surface area contributed by atoms with E-state index in [1.165, 1.54) is 5.56 Å². The third kappa shape index (κ3) is 5.37. The fourth-order valence-corrected chi connectivity index (χ4v) is 3.17. The van der Waals surface area contributed by atoms with Gasteiger partial charge in [-0.25, -0.2) is 0 Å². The van der Waals surface area contributed by atoms with Crippen molar-refractivity contribution in [1.82, 2.24) is 20.1 Å². The summed E-state index contributed by atoms with van der Waals surface area (Å²) in [5.41, 5.74) is 2.43. The maximum Gasteiger partial charge on any atom is 0.234 e. The van der Waals surface area contributed by atoms with Crippen molar-refractivity contribution in [2.75, 3.05) is 32.7 Å². The Bertz CT molecular complexity index is 654. The van der Waals surface area contributed by atoms with E-state index in [4.69, 9.17) is 0 Å². The zero-order valence-corrected chi connectivity index (χ0v) is 14.8. The minimum atomic E-state index is 0.00914. The highest BCUT2D eigenvalue weighted by Crippen LogP contribution is 2.11. The number of piperazine rings is 1. The van der Waals surface area contributed by atoms with Gasteiger partial charge in [0.05, 0.1) is 12.6 Å². The van der Waals surface area contributed by atoms with Crippen molar-refractivity contribution in [1.29, 1.82) is 0 Å². The van der Waals surface area contributed by atoms with Crippen LogP contribution in [0.15, 0.2) is 54.9 Å². The summed E-state index contributed by atoms with van der Waals surface area (Å²) < 4.78 is 0. The van der Waals surface area contributed by atoms with Crippen LogP contribution >= 0.6 is 0 Å². The molecule has 0 aliphatic carbocycles. The molecule has 5 nitrogen and oxygen atoms in total. The number of hydrogen-bond donors (Lipinski definition) is 1. The van der Waals surface area contributed by atoms with E-state index in [1.54, 1.807) is 12.4 Å². The second-order valence-corrected chi connectivity index (χ2v) is 6.61. The molecule has 1 aliphatic heterocycles. The number of aromatic nitrogens is 1. The van der Waals surface area contributed by atoms with Gasteiger partial charge in [0.15, 0.2) is 0 Å². The number of hydrogen-bond acceptors (Lipinski definition) is 4. The third-order valence-electron chi connectivity index (χ3n) is 4.66. The highest BCUT2D eigenvalue weighted by Gasteiger charge is 2.19. The molecule has 0 unspecified atom stereocenters. The van der Waals surface area contributed by atoms with Crippen LogP contribution in [0.3, 0.4) is 0 Å². The second kappa shape index (κ2) is 8.74. The monoisotopic (exact) mass is 338 g/mol. The Labute approximate surface area is 149 Å². The molecule has 3 rings (SSSR count). The van der Waals surface area contributed by atoms with Gasteiger partial charge in [0.25, 0.3) is 0 Å². The van der Waals surface area contributed by atoms with Crippen molar-refractivity contribution >= 4 is 5.91 Å². The van der Waals surface area contributed by atoms with E-state index >= 15 is 0 Å². The fraction of sp³-hybridized carbons (Fsp3) is 0.400. The molecule has 1 saturated heterocycles. The molecule has 25 heavy (non-hydrogen) atoms. The molecule has 1 N–H and O–H groups in total. The Balaban J connectivity index is 1.40. The number of pyridine rings is 1. The minimum absolute atomic E-state index is 0.00914. The van der Waals surface area contributed by atoms with Crippen LogP contribution in [0.2, 0.25) is 0 Å². The van der Waals surface area contributed by atoms with Crippen LogP contribution in [-0.4, -0.2) is 53.4 Å². The van der Waals surface area contributed by atoms with Gasteiger partial charge in [-0.2, -0.15) is 0 Å². The lowest BCUT2D eigenvalue weighted by molar-refractivity contribution is -0.123. The summed E-state index contributed by atoms with van der Waals surface area (Å²) >= 11 is 0. The first-order chi connectivity index (χ1) is 12.2. The topological polar surface area (TPSA) is 48.5 Å². The Morgan fingerprint density at radius 3 is 2.36 bits per heavy atom. The summed E-state index contributed by atoms with van der Waals surface area (Å²) in [6, 6.07) is 14.4. The molecule has 2 heterocycles. The van der Waals surface area contributed by atoms with Crippen molar-refractivity contribution in [2.45, 2.75) is 19.5 Å². The van der Waals surface area contributed by atoms with Gasteiger partial charge < -0.3 is 5.32 Å². The lowest BCUT2D eigenvalue weighted by Gasteiger charge is -2.34. The van der Waals surface area contributed by atoms with Gasteiger partial charge in [-0.3, -0.25) is 19.6 Å². The number of benzene rings is 1. The lowest BCUT2D eigenvalue weighted by atomic mass is 10.1. The van der Waals surface area contributed by atoms with E-state index in [-0.39, 0.29) is 11.9 Å². The summed E-state index contributed by atoms with van der Waals surface area (Å²) in [7, 11) is 0. The molecule has 1 amide bonds. The van der Waals surface area contributed by atoms with Gasteiger partial charge in [0.2, 0.25) is 5.91 Å². The summed E-state index contributed by atoms with van der Waals surface area (Å²) in [5, 5.41) is 3.07. The van der Waals surface area contributed by atoms with Gasteiger partial charge >= 0.3 is 0 Å². The first kappa shape index (κ1) is 17.6. The maximum absolute atomic E-state index is 12.3. The highest BCUT2D eigenvalue weighted by molar-refractivity contribution is 5.78. The molecule has 5 heteroatoms. The van der Waals surface area contributed by atoms with Crippen LogP contribution < -0.4 is 5.32 Å². The van der Waals surface area contributed by atoms with Crippen molar-refractivity contribution < 1.29 is 4.79 Å². The number of rotatable bonds is 6. The molecule has 132 valence electrons. The van der Waals surface area contributed by atoms with E-state index in [0.717, 1.165) is 38.3 Å². The van der Waals surface area contributed by atoms with Crippen LogP contribution in [0.25, 0.3) is 0 Å². The number of carbonyl (C=O) groups excluding carboxylic acids is 1. The zero-order valence-electron chi connectivity index (χ0n) is 14.8. The average Bonchev–Trinajstić information content (AvgIpc) is 2.65. The molecular weight excluding hydrogens is 312 g/mol. The normalized spacial score (nSPS) is 17.2. The molecule has 0 saturated carbocycles. The van der Waals surface area contributed by atoms with Crippen molar-refractivity contribution in [2.24, 2.45) is 0 Å². The van der Waals surface area contributed by atoms with Gasteiger partial charge in [0.1, 0.15) is 0 Å². The number of carbonyl (C=O) groups is 1. The summed E-state index contributed by atoms with van der Waals surface area (Å²) in [6.45, 7) is 7.33. The molecule has 1 aromatic carbocycles. The fourth-order valence-electron chi connectivity index (χ4n) is 3.17. The van der Waals surface area contributed by atoms with Gasteiger partial charge in [-0.1, -0.05) is 30.3 Å². The SMILES string of the molecule is C[C@H](NC(=O)CN1CCN(Cc2ccccc2)CC1)c1ccncc1. The van der Waals surface area contributed by atoms with Crippen molar-refractivity contribution in [3.63, 3.8) is 0 Å². The molecule has 0 radical (unpaired) electrons. The maximum atomic E-state index is 12.3. The molecule has 1 atom stereocenters. The molecular formula is C20H26N4O. The Hall–Kier alpha value is -2.24. The van der Waals surface area contributed by atoms with E-state index in [2.05, 4.69) is 44.4 Å². The van der Waals surface area contributed by atoms with Crippen LogP contribution in [-0.2, 0) is 11.3 Å². The van der Waals surface area contributed by atoms with E-state index in [0.29, 0.717) is 6.54 Å². The standard InChI is InChI=1S/C20H26N4O/c1-17(19-7-9-21-10-8-19)22-20(25)16-24-13-11-23(12-14-24)15-18-5-3-2-4-6-18/h2-10,17H,11-16H2,1H3,(H,22,25)/t17-/m0/s1. The van der Waals surface area contributed by atoms with E-state index in [9.17, 15) is 4.79 Å².